The summed E-state index contributed by atoms with van der Waals surface area (Å²) >= 11 is 0. The van der Waals surface area contributed by atoms with Crippen molar-refractivity contribution in [2.75, 3.05) is 13.1 Å². The molecule has 4 rings (SSSR count). The van der Waals surface area contributed by atoms with Gasteiger partial charge in [-0.2, -0.15) is 5.10 Å². The zero-order valence-corrected chi connectivity index (χ0v) is 13.2. The van der Waals surface area contributed by atoms with E-state index in [4.69, 9.17) is 0 Å². The number of nitrogens with one attached hydrogen (secondary N) is 1. The second kappa shape index (κ2) is 6.27. The fourth-order valence-electron chi connectivity index (χ4n) is 3.13. The van der Waals surface area contributed by atoms with Crippen molar-refractivity contribution in [3.8, 4) is 5.82 Å². The lowest BCUT2D eigenvalue weighted by atomic mass is 9.97. The van der Waals surface area contributed by atoms with E-state index in [1.807, 2.05) is 46.1 Å². The second-order valence-corrected chi connectivity index (χ2v) is 5.96. The van der Waals surface area contributed by atoms with Crippen LogP contribution in [0.3, 0.4) is 0 Å². The minimum absolute atomic E-state index is 0.0192. The van der Waals surface area contributed by atoms with Gasteiger partial charge in [0, 0.05) is 37.6 Å². The Hall–Kier alpha value is -2.96. The number of hydrogen-bond acceptors (Lipinski definition) is 4. The third-order valence-electron chi connectivity index (χ3n) is 4.39. The molecule has 0 spiro atoms. The van der Waals surface area contributed by atoms with Gasteiger partial charge in [0.15, 0.2) is 0 Å². The fourth-order valence-corrected chi connectivity index (χ4v) is 3.13. The number of H-pyrrole nitrogens is 1. The van der Waals surface area contributed by atoms with E-state index in [1.54, 1.807) is 6.20 Å². The molecule has 1 saturated heterocycles. The average Bonchev–Trinajstić information content (AvgIpc) is 3.35. The van der Waals surface area contributed by atoms with E-state index in [2.05, 4.69) is 20.2 Å². The summed E-state index contributed by atoms with van der Waals surface area (Å²) in [5.74, 6) is 1.89. The van der Waals surface area contributed by atoms with Crippen LogP contribution in [0.25, 0.3) is 5.82 Å². The van der Waals surface area contributed by atoms with E-state index in [0.29, 0.717) is 12.1 Å². The normalized spacial score (nSPS) is 17.8. The molecule has 0 aromatic carbocycles. The Bertz CT molecular complexity index is 794. The van der Waals surface area contributed by atoms with Gasteiger partial charge < -0.3 is 9.47 Å². The first-order chi connectivity index (χ1) is 11.8. The van der Waals surface area contributed by atoms with Crippen LogP contribution in [0.1, 0.15) is 34.9 Å². The van der Waals surface area contributed by atoms with Crippen LogP contribution < -0.4 is 0 Å². The highest BCUT2D eigenvalue weighted by molar-refractivity contribution is 5.94. The van der Waals surface area contributed by atoms with Gasteiger partial charge in [-0.1, -0.05) is 0 Å². The zero-order valence-electron chi connectivity index (χ0n) is 13.2. The molecule has 0 saturated carbocycles. The topological polar surface area (TPSA) is 79.7 Å². The Kier molecular flexibility index (Phi) is 3.82. The van der Waals surface area contributed by atoms with Crippen molar-refractivity contribution in [3.05, 3.63) is 60.6 Å². The Morgan fingerprint density at radius 3 is 2.79 bits per heavy atom. The Labute approximate surface area is 139 Å². The van der Waals surface area contributed by atoms with Crippen molar-refractivity contribution in [3.63, 3.8) is 0 Å². The van der Waals surface area contributed by atoms with Gasteiger partial charge in [-0.25, -0.2) is 9.97 Å². The van der Waals surface area contributed by atoms with Gasteiger partial charge in [0.25, 0.3) is 5.91 Å². The Morgan fingerprint density at radius 1 is 1.21 bits per heavy atom. The zero-order chi connectivity index (χ0) is 16.4. The SMILES string of the molecule is O=C(c1ccc(-n2cccc2)nc1)N1CCCC(c2ncn[nH]2)C1. The minimum atomic E-state index is 0.0192. The number of piperidine rings is 1. The van der Waals surface area contributed by atoms with Crippen molar-refractivity contribution in [2.45, 2.75) is 18.8 Å². The molecule has 7 nitrogen and oxygen atoms in total. The number of likely N-dealkylation sites (tertiary alicyclic amines) is 1. The number of carbonyl (C=O) groups excluding carboxylic acids is 1. The van der Waals surface area contributed by atoms with Crippen LogP contribution in [0, 0.1) is 0 Å². The van der Waals surface area contributed by atoms with Gasteiger partial charge in [0.1, 0.15) is 18.0 Å². The molecule has 4 heterocycles. The molecule has 3 aromatic heterocycles. The standard InChI is InChI=1S/C17H18N6O/c24-17(13-5-6-15(18-10-13)22-7-1-2-8-22)23-9-3-4-14(11-23)16-19-12-20-21-16/h1-2,5-8,10,12,14H,3-4,9,11H2,(H,19,20,21). The molecule has 0 bridgehead atoms. The average molecular weight is 322 g/mol. The molecule has 1 aliphatic rings. The van der Waals surface area contributed by atoms with Gasteiger partial charge in [0.05, 0.1) is 5.56 Å². The lowest BCUT2D eigenvalue weighted by molar-refractivity contribution is 0.0704. The highest BCUT2D eigenvalue weighted by Crippen LogP contribution is 2.25. The van der Waals surface area contributed by atoms with E-state index >= 15 is 0 Å². The monoisotopic (exact) mass is 322 g/mol. The van der Waals surface area contributed by atoms with Crippen LogP contribution in [0.5, 0.6) is 0 Å². The predicted octanol–water partition coefficient (Wildman–Crippen LogP) is 2.01. The van der Waals surface area contributed by atoms with E-state index in [9.17, 15) is 4.79 Å². The Balaban J connectivity index is 1.49. The van der Waals surface area contributed by atoms with E-state index in [0.717, 1.165) is 31.0 Å². The number of amides is 1. The smallest absolute Gasteiger partial charge is 0.255 e. The van der Waals surface area contributed by atoms with Crippen molar-refractivity contribution in [1.82, 2.24) is 29.6 Å². The summed E-state index contributed by atoms with van der Waals surface area (Å²) in [6.07, 6.45) is 9.00. The van der Waals surface area contributed by atoms with Crippen LogP contribution in [-0.4, -0.2) is 48.6 Å². The van der Waals surface area contributed by atoms with Gasteiger partial charge in [-0.05, 0) is 37.1 Å². The molecular weight excluding hydrogens is 304 g/mol. The first kappa shape index (κ1) is 14.6. The van der Waals surface area contributed by atoms with Gasteiger partial charge in [0.2, 0.25) is 0 Å². The van der Waals surface area contributed by atoms with E-state index in [-0.39, 0.29) is 11.8 Å². The quantitative estimate of drug-likeness (QED) is 0.800. The first-order valence-electron chi connectivity index (χ1n) is 8.05. The number of hydrogen-bond donors (Lipinski definition) is 1. The molecule has 1 atom stereocenters. The van der Waals surface area contributed by atoms with Gasteiger partial charge >= 0.3 is 0 Å². The largest absolute Gasteiger partial charge is 0.338 e. The molecule has 1 aliphatic heterocycles. The minimum Gasteiger partial charge on any atom is -0.338 e. The van der Waals surface area contributed by atoms with E-state index < -0.39 is 0 Å². The van der Waals surface area contributed by atoms with Crippen molar-refractivity contribution in [2.24, 2.45) is 0 Å². The third-order valence-corrected chi connectivity index (χ3v) is 4.39. The summed E-state index contributed by atoms with van der Waals surface area (Å²) in [5.41, 5.74) is 0.615. The molecule has 0 radical (unpaired) electrons. The fraction of sp³-hybridized carbons (Fsp3) is 0.294. The van der Waals surface area contributed by atoms with E-state index in [1.165, 1.54) is 6.33 Å². The highest BCUT2D eigenvalue weighted by Gasteiger charge is 2.27. The van der Waals surface area contributed by atoms with Crippen molar-refractivity contribution < 1.29 is 4.79 Å². The summed E-state index contributed by atoms with van der Waals surface area (Å²) in [6.45, 7) is 1.43. The summed E-state index contributed by atoms with van der Waals surface area (Å²) < 4.78 is 1.91. The van der Waals surface area contributed by atoms with Crippen molar-refractivity contribution in [1.29, 1.82) is 0 Å². The second-order valence-electron chi connectivity index (χ2n) is 5.96. The maximum atomic E-state index is 12.7. The molecule has 3 aromatic rings. The maximum absolute atomic E-state index is 12.7. The number of aromatic amines is 1. The number of nitrogens with zero attached hydrogens (tertiary/aromatic N) is 5. The number of pyridine rings is 1. The number of carbonyl (C=O) groups is 1. The Morgan fingerprint density at radius 2 is 2.08 bits per heavy atom. The van der Waals surface area contributed by atoms with Crippen LogP contribution in [0.2, 0.25) is 0 Å². The molecule has 7 heteroatoms. The molecule has 1 fully saturated rings. The van der Waals surface area contributed by atoms with Gasteiger partial charge in [-0.3, -0.25) is 9.89 Å². The molecule has 122 valence electrons. The van der Waals surface area contributed by atoms with Crippen LogP contribution in [-0.2, 0) is 0 Å². The molecular formula is C17H18N6O. The maximum Gasteiger partial charge on any atom is 0.255 e. The van der Waals surface area contributed by atoms with Crippen LogP contribution in [0.15, 0.2) is 49.2 Å². The lowest BCUT2D eigenvalue weighted by Gasteiger charge is -2.31. The summed E-state index contributed by atoms with van der Waals surface area (Å²) in [6, 6.07) is 7.59. The van der Waals surface area contributed by atoms with Crippen LogP contribution >= 0.6 is 0 Å². The molecule has 24 heavy (non-hydrogen) atoms. The van der Waals surface area contributed by atoms with Gasteiger partial charge in [-0.15, -0.1) is 0 Å². The first-order valence-corrected chi connectivity index (χ1v) is 8.05. The molecule has 1 N–H and O–H groups in total. The number of rotatable bonds is 3. The summed E-state index contributed by atoms with van der Waals surface area (Å²) in [5, 5.41) is 6.82. The summed E-state index contributed by atoms with van der Waals surface area (Å²) in [4.78, 5) is 23.2. The lowest BCUT2D eigenvalue weighted by Crippen LogP contribution is -2.39. The molecule has 1 unspecified atom stereocenters. The van der Waals surface area contributed by atoms with Crippen molar-refractivity contribution >= 4 is 5.91 Å². The molecule has 0 aliphatic carbocycles. The third kappa shape index (κ3) is 2.80. The molecule has 1 amide bonds. The predicted molar refractivity (Wildman–Crippen MR) is 87.8 cm³/mol. The highest BCUT2D eigenvalue weighted by atomic mass is 16.2. The number of aromatic nitrogens is 5. The summed E-state index contributed by atoms with van der Waals surface area (Å²) in [7, 11) is 0. The van der Waals surface area contributed by atoms with Crippen LogP contribution in [0.4, 0.5) is 0 Å².